The van der Waals surface area contributed by atoms with E-state index in [2.05, 4.69) is 6.92 Å². The molecule has 0 aromatic rings. The Morgan fingerprint density at radius 3 is 2.05 bits per heavy atom. The van der Waals surface area contributed by atoms with E-state index in [4.69, 9.17) is 16.7 Å². The van der Waals surface area contributed by atoms with E-state index in [1.54, 1.807) is 0 Å². The number of unbranched alkanes of at least 4 members (excludes halogenated alkanes) is 5. The van der Waals surface area contributed by atoms with Gasteiger partial charge in [-0.05, 0) is 6.42 Å². The van der Waals surface area contributed by atoms with E-state index in [0.29, 0.717) is 6.42 Å². The lowest BCUT2D eigenvalue weighted by Gasteiger charge is -2.22. The quantitative estimate of drug-likeness (QED) is 0.259. The van der Waals surface area contributed by atoms with Crippen molar-refractivity contribution in [3.63, 3.8) is 0 Å². The van der Waals surface area contributed by atoms with E-state index in [1.807, 2.05) is 0 Å². The zero-order valence-electron chi connectivity index (χ0n) is 11.6. The smallest absolute Gasteiger partial charge is 0.323 e. The highest BCUT2D eigenvalue weighted by atomic mass is 35.5. The Morgan fingerprint density at radius 1 is 1.10 bits per heavy atom. The fraction of sp³-hybridized carbons (Fsp3) is 0.714. The van der Waals surface area contributed by atoms with Crippen molar-refractivity contribution < 1.29 is 24.3 Å². The molecule has 20 heavy (non-hydrogen) atoms. The number of hydrogen-bond acceptors (Lipinski definition) is 4. The molecule has 0 aromatic heterocycles. The number of hydrogen-bond donors (Lipinski definition) is 1. The number of rotatable bonds is 12. The monoisotopic (exact) mass is 304 g/mol. The van der Waals surface area contributed by atoms with Crippen LogP contribution in [-0.4, -0.2) is 34.8 Å². The SMILES string of the molecule is CCCCCCCCC(=O)C(C=O)(C=O)C(Cl)C(=O)O. The third kappa shape index (κ3) is 5.04. The largest absolute Gasteiger partial charge is 0.480 e. The molecule has 1 N–H and O–H groups in total. The number of aldehydes is 2. The van der Waals surface area contributed by atoms with Gasteiger partial charge in [0.1, 0.15) is 12.6 Å². The number of carbonyl (C=O) groups is 4. The molecule has 0 aliphatic rings. The zero-order chi connectivity index (χ0) is 15.6. The molecule has 0 amide bonds. The van der Waals surface area contributed by atoms with Crippen LogP contribution in [0.5, 0.6) is 0 Å². The number of carboxylic acids is 1. The van der Waals surface area contributed by atoms with Crippen LogP contribution in [0, 0.1) is 5.41 Å². The van der Waals surface area contributed by atoms with E-state index in [1.165, 1.54) is 0 Å². The molecule has 0 bridgehead atoms. The van der Waals surface area contributed by atoms with Gasteiger partial charge in [-0.25, -0.2) is 0 Å². The maximum absolute atomic E-state index is 12.0. The topological polar surface area (TPSA) is 88.5 Å². The Morgan fingerprint density at radius 2 is 1.60 bits per heavy atom. The predicted molar refractivity (Wildman–Crippen MR) is 74.8 cm³/mol. The van der Waals surface area contributed by atoms with Gasteiger partial charge in [0.05, 0.1) is 0 Å². The lowest BCUT2D eigenvalue weighted by molar-refractivity contribution is -0.149. The summed E-state index contributed by atoms with van der Waals surface area (Å²) in [4.78, 5) is 44.8. The number of ketones is 1. The van der Waals surface area contributed by atoms with Crippen molar-refractivity contribution in [1.82, 2.24) is 0 Å². The zero-order valence-corrected chi connectivity index (χ0v) is 12.4. The molecule has 0 aliphatic heterocycles. The summed E-state index contributed by atoms with van der Waals surface area (Å²) >= 11 is 5.53. The minimum Gasteiger partial charge on any atom is -0.480 e. The Hall–Kier alpha value is -1.23. The second kappa shape index (κ2) is 9.64. The van der Waals surface area contributed by atoms with Crippen molar-refractivity contribution in [2.24, 2.45) is 5.41 Å². The van der Waals surface area contributed by atoms with E-state index < -0.39 is 22.5 Å². The molecule has 1 unspecified atom stereocenters. The minimum absolute atomic E-state index is 0.0138. The maximum atomic E-state index is 12.0. The van der Waals surface area contributed by atoms with Gasteiger partial charge < -0.3 is 14.7 Å². The standard InChI is InChI=1S/C14H21ClO5/c1-2-3-4-5-6-7-8-11(18)14(9-16,10-17)12(15)13(19)20/h9-10,12H,2-8H2,1H3,(H,19,20). The molecule has 0 saturated carbocycles. The van der Waals surface area contributed by atoms with E-state index >= 15 is 0 Å². The highest BCUT2D eigenvalue weighted by molar-refractivity contribution is 6.36. The van der Waals surface area contributed by atoms with Crippen molar-refractivity contribution in [1.29, 1.82) is 0 Å². The van der Waals surface area contributed by atoms with E-state index in [0.717, 1.165) is 32.1 Å². The van der Waals surface area contributed by atoms with Crippen LogP contribution in [0.15, 0.2) is 0 Å². The summed E-state index contributed by atoms with van der Waals surface area (Å²) in [6, 6.07) is 0. The number of Topliss-reactive ketones (excluding diaryl/α,β-unsaturated/α-hetero) is 1. The Bertz CT molecular complexity index is 345. The van der Waals surface area contributed by atoms with Crippen LogP contribution in [0.1, 0.15) is 51.9 Å². The molecule has 0 saturated heterocycles. The van der Waals surface area contributed by atoms with Crippen LogP contribution in [0.4, 0.5) is 0 Å². The Balaban J connectivity index is 4.48. The first-order chi connectivity index (χ1) is 9.46. The molecule has 1 atom stereocenters. The third-order valence-corrected chi connectivity index (χ3v) is 3.81. The molecule has 0 rings (SSSR count). The van der Waals surface area contributed by atoms with Crippen LogP contribution in [0.25, 0.3) is 0 Å². The summed E-state index contributed by atoms with van der Waals surface area (Å²) in [6.45, 7) is 2.10. The number of aliphatic carboxylic acids is 1. The van der Waals surface area contributed by atoms with Crippen LogP contribution in [0.3, 0.4) is 0 Å². The summed E-state index contributed by atoms with van der Waals surface area (Å²) in [5.74, 6) is -2.28. The summed E-state index contributed by atoms with van der Waals surface area (Å²) in [5, 5.41) is 6.94. The molecule has 0 aliphatic carbocycles. The van der Waals surface area contributed by atoms with E-state index in [-0.39, 0.29) is 19.0 Å². The number of halogens is 1. The molecule has 0 spiro atoms. The van der Waals surface area contributed by atoms with Gasteiger partial charge in [-0.15, -0.1) is 11.6 Å². The first-order valence-electron chi connectivity index (χ1n) is 6.79. The van der Waals surface area contributed by atoms with Crippen molar-refractivity contribution in [3.05, 3.63) is 0 Å². The molecule has 6 heteroatoms. The maximum Gasteiger partial charge on any atom is 0.323 e. The van der Waals surface area contributed by atoms with Crippen LogP contribution < -0.4 is 0 Å². The van der Waals surface area contributed by atoms with Crippen molar-refractivity contribution >= 4 is 35.9 Å². The van der Waals surface area contributed by atoms with Gasteiger partial charge in [0.25, 0.3) is 0 Å². The fourth-order valence-electron chi connectivity index (χ4n) is 1.91. The molecule has 0 aromatic carbocycles. The van der Waals surface area contributed by atoms with E-state index in [9.17, 15) is 19.2 Å². The molecular formula is C14H21ClO5. The lowest BCUT2D eigenvalue weighted by atomic mass is 9.80. The Kier molecular flexibility index (Phi) is 9.05. The van der Waals surface area contributed by atoms with Gasteiger partial charge in [0.15, 0.2) is 16.6 Å². The summed E-state index contributed by atoms with van der Waals surface area (Å²) in [7, 11) is 0. The van der Waals surface area contributed by atoms with Gasteiger partial charge in [0.2, 0.25) is 0 Å². The Labute approximate surface area is 123 Å². The van der Waals surface area contributed by atoms with Crippen molar-refractivity contribution in [2.45, 2.75) is 57.2 Å². The first-order valence-corrected chi connectivity index (χ1v) is 7.22. The normalized spacial score (nSPS) is 12.7. The third-order valence-electron chi connectivity index (χ3n) is 3.27. The molecular weight excluding hydrogens is 284 g/mol. The average molecular weight is 305 g/mol. The summed E-state index contributed by atoms with van der Waals surface area (Å²) in [5.41, 5.74) is -2.27. The fourth-order valence-corrected chi connectivity index (χ4v) is 2.13. The van der Waals surface area contributed by atoms with Gasteiger partial charge in [-0.2, -0.15) is 0 Å². The van der Waals surface area contributed by atoms with Gasteiger partial charge in [-0.1, -0.05) is 39.0 Å². The van der Waals surface area contributed by atoms with Crippen LogP contribution in [0.2, 0.25) is 0 Å². The highest BCUT2D eigenvalue weighted by Crippen LogP contribution is 2.26. The van der Waals surface area contributed by atoms with Crippen molar-refractivity contribution in [3.8, 4) is 0 Å². The minimum atomic E-state index is -2.27. The number of carbonyl (C=O) groups excluding carboxylic acids is 3. The summed E-state index contributed by atoms with van der Waals surface area (Å²) < 4.78 is 0. The molecule has 5 nitrogen and oxygen atoms in total. The predicted octanol–water partition coefficient (Wildman–Crippen LogP) is 2.38. The second-order valence-electron chi connectivity index (χ2n) is 4.81. The molecule has 0 heterocycles. The lowest BCUT2D eigenvalue weighted by Crippen LogP contribution is -2.46. The number of carboxylic acid groups (broad SMARTS) is 1. The number of alkyl halides is 1. The molecule has 0 radical (unpaired) electrons. The summed E-state index contributed by atoms with van der Waals surface area (Å²) in [6.07, 6.45) is 5.70. The molecule has 0 fully saturated rings. The van der Waals surface area contributed by atoms with Crippen LogP contribution in [-0.2, 0) is 19.2 Å². The van der Waals surface area contributed by atoms with Gasteiger partial charge >= 0.3 is 5.97 Å². The highest BCUT2D eigenvalue weighted by Gasteiger charge is 2.48. The van der Waals surface area contributed by atoms with Gasteiger partial charge in [0, 0.05) is 6.42 Å². The van der Waals surface area contributed by atoms with Gasteiger partial charge in [-0.3, -0.25) is 9.59 Å². The average Bonchev–Trinajstić information content (AvgIpc) is 2.44. The molecule has 114 valence electrons. The second-order valence-corrected chi connectivity index (χ2v) is 5.25. The van der Waals surface area contributed by atoms with Crippen LogP contribution >= 0.6 is 11.6 Å². The van der Waals surface area contributed by atoms with Crippen molar-refractivity contribution in [2.75, 3.05) is 0 Å². The first kappa shape index (κ1) is 18.8.